The summed E-state index contributed by atoms with van der Waals surface area (Å²) in [7, 11) is 0. The minimum atomic E-state index is -0.864. The molecule has 3 atom stereocenters. The second-order valence-electron chi connectivity index (χ2n) is 3.21. The number of hydrogen-bond acceptors (Lipinski definition) is 2. The van der Waals surface area contributed by atoms with Crippen LogP contribution in [0.3, 0.4) is 0 Å². The van der Waals surface area contributed by atoms with Gasteiger partial charge in [-0.05, 0) is 24.7 Å². The molecule has 0 heterocycles. The summed E-state index contributed by atoms with van der Waals surface area (Å²) >= 11 is 0. The zero-order chi connectivity index (χ0) is 7.14. The van der Waals surface area contributed by atoms with Gasteiger partial charge in [0.05, 0.1) is 0 Å². The van der Waals surface area contributed by atoms with Gasteiger partial charge in [0.2, 0.25) is 0 Å². The van der Waals surface area contributed by atoms with Crippen molar-refractivity contribution in [3.8, 4) is 0 Å². The van der Waals surface area contributed by atoms with Gasteiger partial charge in [-0.25, -0.2) is 0 Å². The van der Waals surface area contributed by atoms with Crippen molar-refractivity contribution in [3.63, 3.8) is 0 Å². The van der Waals surface area contributed by atoms with Crippen molar-refractivity contribution in [2.45, 2.75) is 12.8 Å². The number of carboxylic acid groups (broad SMARTS) is 1. The van der Waals surface area contributed by atoms with Crippen LogP contribution in [0.25, 0.3) is 0 Å². The predicted molar refractivity (Wildman–Crippen MR) is 33.9 cm³/mol. The Morgan fingerprint density at radius 3 is 2.36 bits per heavy atom. The van der Waals surface area contributed by atoms with Gasteiger partial charge in [-0.3, -0.25) is 0 Å². The third-order valence-corrected chi connectivity index (χ3v) is 2.58. The van der Waals surface area contributed by atoms with Crippen LogP contribution in [0.2, 0.25) is 0 Å². The first-order valence-corrected chi connectivity index (χ1v) is 3.66. The van der Waals surface area contributed by atoms with E-state index in [0.717, 1.165) is 12.8 Å². The first-order valence-electron chi connectivity index (χ1n) is 3.66. The molecule has 1 saturated carbocycles. The molecule has 0 N–H and O–H groups in total. The minimum Gasteiger partial charge on any atom is -0.550 e. The molecule has 11 heavy (non-hydrogen) atoms. The Kier molecular flexibility index (Phi) is 3.35. The van der Waals surface area contributed by atoms with Crippen LogP contribution in [0.5, 0.6) is 0 Å². The Hall–Kier alpha value is 0.846. The van der Waals surface area contributed by atoms with Crippen molar-refractivity contribution in [3.05, 3.63) is 12.2 Å². The zero-order valence-corrected chi connectivity index (χ0v) is 9.74. The van der Waals surface area contributed by atoms with Crippen LogP contribution >= 0.6 is 0 Å². The standard InChI is InChI=1S/C8H10O2.K/c9-8(10)7-4-5-1-2-6(7)3-5;/h1-2,5-7H,3-4H2,(H,9,10);/q;+1/p-1/t5-,6+,7-;/m0./s1. The Morgan fingerprint density at radius 1 is 1.36 bits per heavy atom. The molecule has 0 aromatic rings. The van der Waals surface area contributed by atoms with Gasteiger partial charge in [0, 0.05) is 11.9 Å². The number of carboxylic acids is 1. The topological polar surface area (TPSA) is 40.1 Å². The summed E-state index contributed by atoms with van der Waals surface area (Å²) < 4.78 is 0. The van der Waals surface area contributed by atoms with Crippen LogP contribution in [0.1, 0.15) is 12.8 Å². The number of carbonyl (C=O) groups excluding carboxylic acids is 1. The maximum absolute atomic E-state index is 10.4. The third-order valence-electron chi connectivity index (χ3n) is 2.58. The molecule has 1 fully saturated rings. The SMILES string of the molecule is O=C([O-])[C@H]1C[C@H]2C=C[C@@H]1C2.[K+]. The van der Waals surface area contributed by atoms with Gasteiger partial charge in [-0.1, -0.05) is 12.2 Å². The van der Waals surface area contributed by atoms with Crippen LogP contribution in [0.4, 0.5) is 0 Å². The van der Waals surface area contributed by atoms with Crippen LogP contribution in [-0.2, 0) is 4.79 Å². The molecular formula is C8H9KO2. The smallest absolute Gasteiger partial charge is 0.550 e. The first-order chi connectivity index (χ1) is 4.77. The van der Waals surface area contributed by atoms with Crippen LogP contribution in [0, 0.1) is 17.8 Å². The van der Waals surface area contributed by atoms with E-state index in [1.807, 2.05) is 6.08 Å². The van der Waals surface area contributed by atoms with E-state index in [1.165, 1.54) is 0 Å². The Balaban J connectivity index is 0.000000605. The Labute approximate surface area is 108 Å². The summed E-state index contributed by atoms with van der Waals surface area (Å²) in [4.78, 5) is 10.4. The van der Waals surface area contributed by atoms with Crippen molar-refractivity contribution in [1.29, 1.82) is 0 Å². The van der Waals surface area contributed by atoms with E-state index in [1.54, 1.807) is 0 Å². The molecule has 2 rings (SSSR count). The quantitative estimate of drug-likeness (QED) is 0.315. The van der Waals surface area contributed by atoms with Gasteiger partial charge in [-0.2, -0.15) is 0 Å². The zero-order valence-electron chi connectivity index (χ0n) is 6.62. The maximum Gasteiger partial charge on any atom is 1.00 e. The largest absolute Gasteiger partial charge is 1.00 e. The van der Waals surface area contributed by atoms with E-state index >= 15 is 0 Å². The number of rotatable bonds is 1. The number of hydrogen-bond donors (Lipinski definition) is 0. The van der Waals surface area contributed by atoms with E-state index in [-0.39, 0.29) is 63.2 Å². The average molecular weight is 176 g/mol. The van der Waals surface area contributed by atoms with Gasteiger partial charge in [0.15, 0.2) is 0 Å². The fourth-order valence-corrected chi connectivity index (χ4v) is 2.05. The summed E-state index contributed by atoms with van der Waals surface area (Å²) in [6.07, 6.45) is 6.00. The van der Waals surface area contributed by atoms with Crippen LogP contribution in [0.15, 0.2) is 12.2 Å². The second kappa shape index (κ2) is 3.71. The summed E-state index contributed by atoms with van der Waals surface area (Å²) in [6.45, 7) is 0. The number of fused-ring (bicyclic) bond motifs is 2. The maximum atomic E-state index is 10.4. The molecule has 2 bridgehead atoms. The van der Waals surface area contributed by atoms with Crippen LogP contribution < -0.4 is 56.5 Å². The van der Waals surface area contributed by atoms with Gasteiger partial charge >= 0.3 is 51.4 Å². The summed E-state index contributed by atoms with van der Waals surface area (Å²) in [5.74, 6) is -0.227. The predicted octanol–water partition coefficient (Wildman–Crippen LogP) is -3.05. The minimum absolute atomic E-state index is 0. The van der Waals surface area contributed by atoms with E-state index in [4.69, 9.17) is 0 Å². The number of allylic oxidation sites excluding steroid dienone is 2. The Bertz CT molecular complexity index is 200. The van der Waals surface area contributed by atoms with E-state index in [2.05, 4.69) is 6.08 Å². The molecule has 0 radical (unpaired) electrons. The van der Waals surface area contributed by atoms with Crippen molar-refractivity contribution in [2.24, 2.45) is 17.8 Å². The summed E-state index contributed by atoms with van der Waals surface area (Å²) in [6, 6.07) is 0. The van der Waals surface area contributed by atoms with Gasteiger partial charge in [-0.15, -0.1) is 0 Å². The van der Waals surface area contributed by atoms with E-state index in [0.29, 0.717) is 5.92 Å². The molecule has 0 spiro atoms. The van der Waals surface area contributed by atoms with Crippen molar-refractivity contribution >= 4 is 5.97 Å². The van der Waals surface area contributed by atoms with Gasteiger partial charge < -0.3 is 9.90 Å². The first kappa shape index (κ1) is 9.93. The normalized spacial score (nSPS) is 38.7. The second-order valence-corrected chi connectivity index (χ2v) is 3.21. The molecule has 0 saturated heterocycles. The molecule has 0 amide bonds. The van der Waals surface area contributed by atoms with Crippen molar-refractivity contribution in [1.82, 2.24) is 0 Å². The molecule has 54 valence electrons. The number of aliphatic carboxylic acids is 1. The molecular weight excluding hydrogens is 167 g/mol. The monoisotopic (exact) mass is 176 g/mol. The van der Waals surface area contributed by atoms with Crippen molar-refractivity contribution < 1.29 is 61.3 Å². The molecule has 2 nitrogen and oxygen atoms in total. The molecule has 3 heteroatoms. The summed E-state index contributed by atoms with van der Waals surface area (Å²) in [5, 5.41) is 10.4. The van der Waals surface area contributed by atoms with E-state index in [9.17, 15) is 9.90 Å². The fraction of sp³-hybridized carbons (Fsp3) is 0.625. The van der Waals surface area contributed by atoms with Gasteiger partial charge in [0.1, 0.15) is 0 Å². The molecule has 2 aliphatic rings. The molecule has 0 aliphatic heterocycles. The van der Waals surface area contributed by atoms with Crippen molar-refractivity contribution in [2.75, 3.05) is 0 Å². The molecule has 2 aliphatic carbocycles. The number of carbonyl (C=O) groups is 1. The Morgan fingerprint density at radius 2 is 2.09 bits per heavy atom. The molecule has 0 aromatic carbocycles. The summed E-state index contributed by atoms with van der Waals surface area (Å²) in [5.41, 5.74) is 0. The molecule has 0 unspecified atom stereocenters. The van der Waals surface area contributed by atoms with Gasteiger partial charge in [0.25, 0.3) is 0 Å². The van der Waals surface area contributed by atoms with E-state index < -0.39 is 5.97 Å². The average Bonchev–Trinajstić information content (AvgIpc) is 2.44. The third kappa shape index (κ3) is 1.78. The van der Waals surface area contributed by atoms with Crippen LogP contribution in [-0.4, -0.2) is 5.97 Å². The fourth-order valence-electron chi connectivity index (χ4n) is 2.05. The molecule has 0 aromatic heterocycles.